The molecule has 28 heavy (non-hydrogen) atoms. The maximum atomic E-state index is 13.9. The van der Waals surface area contributed by atoms with Gasteiger partial charge < -0.3 is 15.0 Å². The second-order valence-electron chi connectivity index (χ2n) is 6.98. The van der Waals surface area contributed by atoms with E-state index >= 15 is 0 Å². The molecule has 2 heterocycles. The molecule has 4 rings (SSSR count). The summed E-state index contributed by atoms with van der Waals surface area (Å²) in [5.41, 5.74) is 1.30. The van der Waals surface area contributed by atoms with Crippen molar-refractivity contribution in [1.29, 1.82) is 0 Å². The van der Waals surface area contributed by atoms with Gasteiger partial charge in [0.2, 0.25) is 11.8 Å². The number of hydrogen-bond acceptors (Lipinski definition) is 3. The van der Waals surface area contributed by atoms with Crippen LogP contribution in [0.5, 0.6) is 5.75 Å². The van der Waals surface area contributed by atoms with Gasteiger partial charge in [0.05, 0.1) is 12.3 Å². The molecule has 1 N–H and O–H groups in total. The zero-order valence-corrected chi connectivity index (χ0v) is 15.0. The van der Waals surface area contributed by atoms with Crippen molar-refractivity contribution in [2.24, 2.45) is 5.92 Å². The number of carbonyl (C=O) groups excluding carboxylic acids is 2. The Morgan fingerprint density at radius 3 is 2.75 bits per heavy atom. The average Bonchev–Trinajstić information content (AvgIpc) is 3.26. The van der Waals surface area contributed by atoms with Crippen LogP contribution in [0, 0.1) is 23.4 Å². The fourth-order valence-corrected chi connectivity index (χ4v) is 3.76. The van der Waals surface area contributed by atoms with Crippen LogP contribution in [0.2, 0.25) is 0 Å². The SMILES string of the molecule is CN1C[C@H](c2ccc3c(c2)CCO3)[C@@H](C(=O)Nc2ccc(F)c(F)c2F)C1=O. The Labute approximate surface area is 159 Å². The summed E-state index contributed by atoms with van der Waals surface area (Å²) in [6, 6.07) is 7.17. The van der Waals surface area contributed by atoms with Gasteiger partial charge in [-0.15, -0.1) is 0 Å². The van der Waals surface area contributed by atoms with E-state index in [1.165, 1.54) is 4.90 Å². The van der Waals surface area contributed by atoms with Crippen molar-refractivity contribution in [1.82, 2.24) is 4.90 Å². The number of hydrogen-bond donors (Lipinski definition) is 1. The summed E-state index contributed by atoms with van der Waals surface area (Å²) >= 11 is 0. The minimum absolute atomic E-state index is 0.316. The van der Waals surface area contributed by atoms with E-state index in [9.17, 15) is 22.8 Å². The van der Waals surface area contributed by atoms with E-state index in [4.69, 9.17) is 4.74 Å². The first-order chi connectivity index (χ1) is 13.4. The van der Waals surface area contributed by atoms with Gasteiger partial charge in [-0.25, -0.2) is 13.2 Å². The van der Waals surface area contributed by atoms with Gasteiger partial charge in [0.1, 0.15) is 11.7 Å². The molecule has 2 atom stereocenters. The van der Waals surface area contributed by atoms with Gasteiger partial charge in [-0.3, -0.25) is 9.59 Å². The number of nitrogens with one attached hydrogen (secondary N) is 1. The lowest BCUT2D eigenvalue weighted by atomic mass is 9.87. The molecule has 0 radical (unpaired) electrons. The largest absolute Gasteiger partial charge is 0.493 e. The Bertz CT molecular complexity index is 979. The molecule has 5 nitrogen and oxygen atoms in total. The van der Waals surface area contributed by atoms with Gasteiger partial charge in [-0.2, -0.15) is 0 Å². The molecule has 2 amide bonds. The number of rotatable bonds is 3. The van der Waals surface area contributed by atoms with Crippen molar-refractivity contribution in [2.75, 3.05) is 25.5 Å². The molecule has 0 unspecified atom stereocenters. The molecule has 2 aromatic rings. The molecular formula is C20H17F3N2O3. The van der Waals surface area contributed by atoms with Crippen molar-refractivity contribution in [3.8, 4) is 5.75 Å². The maximum absolute atomic E-state index is 13.9. The lowest BCUT2D eigenvalue weighted by Crippen LogP contribution is -2.33. The highest BCUT2D eigenvalue weighted by atomic mass is 19.2. The number of likely N-dealkylation sites (tertiary alicyclic amines) is 1. The quantitative estimate of drug-likeness (QED) is 0.648. The number of anilines is 1. The predicted octanol–water partition coefficient (Wildman–Crippen LogP) is 2.85. The average molecular weight is 390 g/mol. The van der Waals surface area contributed by atoms with Gasteiger partial charge in [-0.1, -0.05) is 12.1 Å². The predicted molar refractivity (Wildman–Crippen MR) is 94.5 cm³/mol. The monoisotopic (exact) mass is 390 g/mol. The fraction of sp³-hybridized carbons (Fsp3) is 0.300. The molecule has 2 aliphatic heterocycles. The second kappa shape index (κ2) is 6.85. The highest BCUT2D eigenvalue weighted by molar-refractivity contribution is 6.08. The fourth-order valence-electron chi connectivity index (χ4n) is 3.76. The van der Waals surface area contributed by atoms with Crippen molar-refractivity contribution in [3.05, 3.63) is 58.9 Å². The molecular weight excluding hydrogens is 373 g/mol. The number of benzene rings is 2. The molecule has 146 valence electrons. The molecule has 0 spiro atoms. The zero-order valence-electron chi connectivity index (χ0n) is 15.0. The van der Waals surface area contributed by atoms with Crippen molar-refractivity contribution in [3.63, 3.8) is 0 Å². The van der Waals surface area contributed by atoms with Crippen molar-refractivity contribution < 1.29 is 27.5 Å². The summed E-state index contributed by atoms with van der Waals surface area (Å²) in [5, 5.41) is 2.23. The van der Waals surface area contributed by atoms with Crippen LogP contribution in [-0.4, -0.2) is 36.9 Å². The summed E-state index contributed by atoms with van der Waals surface area (Å²) in [6.45, 7) is 0.901. The highest BCUT2D eigenvalue weighted by Gasteiger charge is 2.44. The van der Waals surface area contributed by atoms with Crippen LogP contribution in [0.1, 0.15) is 17.0 Å². The molecule has 0 bridgehead atoms. The lowest BCUT2D eigenvalue weighted by molar-refractivity contribution is -0.135. The Balaban J connectivity index is 1.63. The summed E-state index contributed by atoms with van der Waals surface area (Å²) in [5.74, 6) is -6.48. The normalized spacial score (nSPS) is 20.9. The number of ether oxygens (including phenoxy) is 1. The van der Waals surface area contributed by atoms with E-state index in [0.29, 0.717) is 19.2 Å². The summed E-state index contributed by atoms with van der Waals surface area (Å²) in [6.07, 6.45) is 0.747. The van der Waals surface area contributed by atoms with Crippen molar-refractivity contribution >= 4 is 17.5 Å². The van der Waals surface area contributed by atoms with Crippen LogP contribution in [0.25, 0.3) is 0 Å². The van der Waals surface area contributed by atoms with E-state index in [2.05, 4.69) is 5.32 Å². The van der Waals surface area contributed by atoms with E-state index < -0.39 is 46.8 Å². The van der Waals surface area contributed by atoms with Gasteiger partial charge in [-0.05, 0) is 29.3 Å². The lowest BCUT2D eigenvalue weighted by Gasteiger charge is -2.18. The number of likely N-dealkylation sites (N-methyl/N-ethyl adjacent to an activating group) is 1. The van der Waals surface area contributed by atoms with Gasteiger partial charge in [0, 0.05) is 25.9 Å². The standard InChI is InChI=1S/C20H17F3N2O3/c1-25-9-12(10-2-5-15-11(8-10)6-7-28-15)16(20(25)27)19(26)24-14-4-3-13(21)17(22)18(14)23/h2-5,8,12,16H,6-7,9H2,1H3,(H,24,26)/t12-,16+/m1/s1. The van der Waals surface area contributed by atoms with E-state index in [1.807, 2.05) is 12.1 Å². The molecule has 1 fully saturated rings. The Morgan fingerprint density at radius 2 is 1.96 bits per heavy atom. The Hall–Kier alpha value is -3.03. The Kier molecular flexibility index (Phi) is 4.49. The van der Waals surface area contributed by atoms with Gasteiger partial charge >= 0.3 is 0 Å². The minimum Gasteiger partial charge on any atom is -0.493 e. The summed E-state index contributed by atoms with van der Waals surface area (Å²) < 4.78 is 45.9. The first-order valence-electron chi connectivity index (χ1n) is 8.81. The van der Waals surface area contributed by atoms with Crippen LogP contribution < -0.4 is 10.1 Å². The number of nitrogens with zero attached hydrogens (tertiary/aromatic N) is 1. The molecule has 0 aromatic heterocycles. The van der Waals surface area contributed by atoms with E-state index in [0.717, 1.165) is 29.4 Å². The third-order valence-corrected chi connectivity index (χ3v) is 5.23. The van der Waals surface area contributed by atoms with Crippen molar-refractivity contribution in [2.45, 2.75) is 12.3 Å². The second-order valence-corrected chi connectivity index (χ2v) is 6.98. The van der Waals surface area contributed by atoms with Crippen LogP contribution >= 0.6 is 0 Å². The molecule has 0 aliphatic carbocycles. The Morgan fingerprint density at radius 1 is 1.18 bits per heavy atom. The molecule has 8 heteroatoms. The zero-order chi connectivity index (χ0) is 20.0. The first-order valence-corrected chi connectivity index (χ1v) is 8.81. The topological polar surface area (TPSA) is 58.6 Å². The first kappa shape index (κ1) is 18.3. The smallest absolute Gasteiger partial charge is 0.237 e. The number of amides is 2. The summed E-state index contributed by atoms with van der Waals surface area (Å²) in [7, 11) is 1.58. The third kappa shape index (κ3) is 2.98. The number of halogens is 3. The van der Waals surface area contributed by atoms with Crippen LogP contribution in [0.4, 0.5) is 18.9 Å². The van der Waals surface area contributed by atoms with Crippen LogP contribution in [-0.2, 0) is 16.0 Å². The summed E-state index contributed by atoms with van der Waals surface area (Å²) in [4.78, 5) is 26.8. The molecule has 1 saturated heterocycles. The number of fused-ring (bicyclic) bond motifs is 1. The highest BCUT2D eigenvalue weighted by Crippen LogP contribution is 2.37. The van der Waals surface area contributed by atoms with Crippen LogP contribution in [0.15, 0.2) is 30.3 Å². The molecule has 2 aliphatic rings. The van der Waals surface area contributed by atoms with E-state index in [-0.39, 0.29) is 0 Å². The minimum atomic E-state index is -1.68. The molecule has 0 saturated carbocycles. The van der Waals surface area contributed by atoms with Gasteiger partial charge in [0.25, 0.3) is 0 Å². The van der Waals surface area contributed by atoms with E-state index in [1.54, 1.807) is 13.1 Å². The maximum Gasteiger partial charge on any atom is 0.237 e. The third-order valence-electron chi connectivity index (χ3n) is 5.23. The molecule has 2 aromatic carbocycles. The number of carbonyl (C=O) groups is 2. The van der Waals surface area contributed by atoms with Gasteiger partial charge in [0.15, 0.2) is 17.5 Å². The van der Waals surface area contributed by atoms with Crippen LogP contribution in [0.3, 0.4) is 0 Å².